The van der Waals surface area contributed by atoms with E-state index in [-0.39, 0.29) is 17.4 Å². The number of carbonyl (C=O) groups is 1. The SMILES string of the molecule is CCCCC[C@H](O)C=C[C@]1(O[SiH](c2ccccc2)c2ccccc2)[C@@H]2Oc3cccc(OCC(=O)O)c3O[C@H]2C[C@@H]1C(C)(C)C. The molecule has 1 saturated carbocycles. The first-order valence-corrected chi connectivity index (χ1v) is 17.7. The topological polar surface area (TPSA) is 94.5 Å². The van der Waals surface area contributed by atoms with Crippen LogP contribution in [0, 0.1) is 11.3 Å². The molecule has 5 atom stereocenters. The lowest BCUT2D eigenvalue weighted by Crippen LogP contribution is -2.60. The van der Waals surface area contributed by atoms with Gasteiger partial charge in [-0.15, -0.1) is 0 Å². The highest BCUT2D eigenvalue weighted by molar-refractivity contribution is 6.80. The number of benzene rings is 3. The van der Waals surface area contributed by atoms with Crippen LogP contribution in [-0.2, 0) is 9.22 Å². The summed E-state index contributed by atoms with van der Waals surface area (Å²) in [5.74, 6) is 0.118. The molecule has 2 aliphatic rings. The fraction of sp³-hybridized carbons (Fsp3) is 0.432. The van der Waals surface area contributed by atoms with Crippen LogP contribution in [0.4, 0.5) is 0 Å². The van der Waals surface area contributed by atoms with Crippen LogP contribution in [0.2, 0.25) is 0 Å². The molecule has 0 amide bonds. The molecule has 5 rings (SSSR count). The Morgan fingerprint density at radius 2 is 1.67 bits per heavy atom. The van der Waals surface area contributed by atoms with Gasteiger partial charge in [0.25, 0.3) is 0 Å². The van der Waals surface area contributed by atoms with E-state index in [9.17, 15) is 15.0 Å². The molecule has 2 N–H and O–H groups in total. The van der Waals surface area contributed by atoms with E-state index in [1.807, 2.05) is 24.3 Å². The molecule has 1 fully saturated rings. The van der Waals surface area contributed by atoms with E-state index in [1.165, 1.54) is 0 Å². The number of fused-ring (bicyclic) bond motifs is 2. The molecule has 1 aliphatic heterocycles. The Kier molecular flexibility index (Phi) is 10.4. The Morgan fingerprint density at radius 3 is 2.27 bits per heavy atom. The lowest BCUT2D eigenvalue weighted by Gasteiger charge is -2.46. The predicted octanol–water partition coefficient (Wildman–Crippen LogP) is 5.52. The summed E-state index contributed by atoms with van der Waals surface area (Å²) in [7, 11) is -2.32. The number of carboxylic acid groups (broad SMARTS) is 1. The van der Waals surface area contributed by atoms with Crippen LogP contribution in [0.3, 0.4) is 0 Å². The average molecular weight is 631 g/mol. The predicted molar refractivity (Wildman–Crippen MR) is 178 cm³/mol. The Hall–Kier alpha value is -3.59. The van der Waals surface area contributed by atoms with E-state index in [2.05, 4.69) is 82.3 Å². The summed E-state index contributed by atoms with van der Waals surface area (Å²) in [6.45, 7) is 8.33. The Morgan fingerprint density at radius 1 is 1.00 bits per heavy atom. The van der Waals surface area contributed by atoms with Crippen molar-refractivity contribution >= 4 is 25.4 Å². The van der Waals surface area contributed by atoms with Crippen molar-refractivity contribution in [2.45, 2.75) is 83.7 Å². The summed E-state index contributed by atoms with van der Waals surface area (Å²) in [6.07, 6.45) is 6.88. The second-order valence-corrected chi connectivity index (χ2v) is 15.5. The quantitative estimate of drug-likeness (QED) is 0.146. The maximum absolute atomic E-state index is 11.3. The summed E-state index contributed by atoms with van der Waals surface area (Å²) < 4.78 is 26.7. The van der Waals surface area contributed by atoms with Crippen molar-refractivity contribution in [3.63, 3.8) is 0 Å². The molecule has 0 spiro atoms. The second-order valence-electron chi connectivity index (χ2n) is 13.2. The summed E-state index contributed by atoms with van der Waals surface area (Å²) in [4.78, 5) is 11.3. The number of unbranched alkanes of at least 4 members (excludes halogenated alkanes) is 2. The molecule has 1 aliphatic carbocycles. The van der Waals surface area contributed by atoms with Gasteiger partial charge in [0, 0.05) is 5.92 Å². The molecule has 0 aromatic heterocycles. The lowest BCUT2D eigenvalue weighted by molar-refractivity contribution is -0.139. The average Bonchev–Trinajstić information content (AvgIpc) is 3.35. The largest absolute Gasteiger partial charge is 0.479 e. The van der Waals surface area contributed by atoms with Crippen molar-refractivity contribution in [1.29, 1.82) is 0 Å². The van der Waals surface area contributed by atoms with Gasteiger partial charge in [0.2, 0.25) is 14.8 Å². The fourth-order valence-electron chi connectivity index (χ4n) is 6.73. The minimum atomic E-state index is -2.32. The molecule has 1 heterocycles. The van der Waals surface area contributed by atoms with Gasteiger partial charge in [-0.05, 0) is 40.8 Å². The summed E-state index contributed by atoms with van der Waals surface area (Å²) in [5, 5.41) is 22.7. The molecule has 7 nitrogen and oxygen atoms in total. The Labute approximate surface area is 268 Å². The number of aliphatic carboxylic acids is 1. The van der Waals surface area contributed by atoms with Crippen molar-refractivity contribution < 1.29 is 33.6 Å². The van der Waals surface area contributed by atoms with Crippen molar-refractivity contribution in [2.75, 3.05) is 6.61 Å². The second kappa shape index (κ2) is 14.2. The summed E-state index contributed by atoms with van der Waals surface area (Å²) in [5.41, 5.74) is -1.16. The van der Waals surface area contributed by atoms with Crippen molar-refractivity contribution in [3.8, 4) is 17.2 Å². The van der Waals surface area contributed by atoms with Gasteiger partial charge >= 0.3 is 5.97 Å². The molecule has 8 heteroatoms. The fourth-order valence-corrected chi connectivity index (χ4v) is 9.32. The number of ether oxygens (including phenoxy) is 3. The van der Waals surface area contributed by atoms with E-state index in [0.29, 0.717) is 30.1 Å². The number of para-hydroxylation sites is 1. The van der Waals surface area contributed by atoms with E-state index < -0.39 is 39.4 Å². The molecule has 0 saturated heterocycles. The molecule has 0 bridgehead atoms. The first-order valence-electron chi connectivity index (χ1n) is 16.1. The van der Waals surface area contributed by atoms with E-state index in [0.717, 1.165) is 29.6 Å². The van der Waals surface area contributed by atoms with Gasteiger partial charge in [-0.2, -0.15) is 0 Å². The van der Waals surface area contributed by atoms with Crippen LogP contribution in [0.5, 0.6) is 17.2 Å². The number of rotatable bonds is 13. The van der Waals surface area contributed by atoms with Gasteiger partial charge in [0.15, 0.2) is 24.2 Å². The van der Waals surface area contributed by atoms with Crippen LogP contribution in [0.25, 0.3) is 0 Å². The highest BCUT2D eigenvalue weighted by Gasteiger charge is 2.63. The van der Waals surface area contributed by atoms with Crippen LogP contribution in [-0.4, -0.2) is 55.7 Å². The first-order chi connectivity index (χ1) is 21.6. The maximum Gasteiger partial charge on any atom is 0.341 e. The zero-order valence-corrected chi connectivity index (χ0v) is 27.9. The lowest BCUT2D eigenvalue weighted by atomic mass is 9.71. The first kappa shape index (κ1) is 32.8. The zero-order chi connectivity index (χ0) is 32.0. The molecular formula is C37H46O7Si. The maximum atomic E-state index is 11.3. The highest BCUT2D eigenvalue weighted by atomic mass is 28.3. The standard InChI is InChI=1S/C37H46O7Si/c1-5-6-9-15-26(38)22-23-37(44-45(27-16-10-7-11-17-27)28-18-12-8-13-19-28)32(36(2,3)4)24-31-35(37)43-30-21-14-20-29(34(30)42-31)41-25-33(39)40/h7-8,10-14,16-23,26,31-32,35,38,45H,5-6,9,15,24-25H2,1-4H3,(H,39,40)/t26-,31-,32+,35+,37+/m0/s1. The third-order valence-corrected chi connectivity index (χ3v) is 11.5. The highest BCUT2D eigenvalue weighted by Crippen LogP contribution is 2.55. The van der Waals surface area contributed by atoms with Crippen LogP contribution in [0.1, 0.15) is 59.8 Å². The van der Waals surface area contributed by atoms with Gasteiger partial charge in [-0.3, -0.25) is 0 Å². The molecular weight excluding hydrogens is 584 g/mol. The zero-order valence-electron chi connectivity index (χ0n) is 26.7. The van der Waals surface area contributed by atoms with Crippen LogP contribution >= 0.6 is 0 Å². The molecule has 3 aromatic rings. The van der Waals surface area contributed by atoms with Crippen molar-refractivity contribution in [1.82, 2.24) is 0 Å². The normalized spacial score (nSPS) is 23.2. The van der Waals surface area contributed by atoms with Gasteiger partial charge in [0.05, 0.1) is 6.10 Å². The Bertz CT molecular complexity index is 1400. The van der Waals surface area contributed by atoms with Crippen LogP contribution in [0.15, 0.2) is 91.0 Å². The van der Waals surface area contributed by atoms with Crippen molar-refractivity contribution in [2.24, 2.45) is 11.3 Å². The van der Waals surface area contributed by atoms with Gasteiger partial charge in [0.1, 0.15) is 11.7 Å². The number of hydrogen-bond acceptors (Lipinski definition) is 6. The number of aliphatic hydroxyl groups is 1. The molecule has 3 aromatic carbocycles. The molecule has 0 radical (unpaired) electrons. The van der Waals surface area contributed by atoms with E-state index >= 15 is 0 Å². The number of carboxylic acids is 1. The molecule has 0 unspecified atom stereocenters. The Balaban J connectivity index is 1.62. The van der Waals surface area contributed by atoms with Gasteiger partial charge in [-0.25, -0.2) is 4.79 Å². The minimum Gasteiger partial charge on any atom is -0.479 e. The summed E-state index contributed by atoms with van der Waals surface area (Å²) in [6, 6.07) is 26.1. The van der Waals surface area contributed by atoms with E-state index in [1.54, 1.807) is 12.1 Å². The van der Waals surface area contributed by atoms with Crippen LogP contribution < -0.4 is 24.6 Å². The number of aliphatic hydroxyl groups excluding tert-OH is 1. The van der Waals surface area contributed by atoms with Gasteiger partial charge < -0.3 is 28.8 Å². The monoisotopic (exact) mass is 630 g/mol. The minimum absolute atomic E-state index is 0.0424. The smallest absolute Gasteiger partial charge is 0.341 e. The molecule has 240 valence electrons. The van der Waals surface area contributed by atoms with Crippen molar-refractivity contribution in [3.05, 3.63) is 91.0 Å². The third kappa shape index (κ3) is 7.46. The van der Waals surface area contributed by atoms with E-state index in [4.69, 9.17) is 18.6 Å². The molecule has 45 heavy (non-hydrogen) atoms. The number of hydrogen-bond donors (Lipinski definition) is 2. The summed E-state index contributed by atoms with van der Waals surface area (Å²) >= 11 is 0. The third-order valence-electron chi connectivity index (χ3n) is 8.87. The van der Waals surface area contributed by atoms with Gasteiger partial charge in [-0.1, -0.05) is 126 Å².